The summed E-state index contributed by atoms with van der Waals surface area (Å²) in [5.74, 6) is 4.79. The molecule has 104 valence electrons. The summed E-state index contributed by atoms with van der Waals surface area (Å²) in [6.45, 7) is 0. The van der Waals surface area contributed by atoms with E-state index in [0.717, 1.165) is 11.3 Å². The molecule has 0 aromatic carbocycles. The van der Waals surface area contributed by atoms with Crippen molar-refractivity contribution in [3.63, 3.8) is 0 Å². The third-order valence-electron chi connectivity index (χ3n) is 2.56. The number of rotatable bonds is 1. The Hall–Kier alpha value is -1.65. The molecule has 0 radical (unpaired) electrons. The summed E-state index contributed by atoms with van der Waals surface area (Å²) < 4.78 is 38.8. The fourth-order valence-corrected chi connectivity index (χ4v) is 2.33. The molecule has 0 bridgehead atoms. The van der Waals surface area contributed by atoms with Gasteiger partial charge in [0, 0.05) is 0 Å². The van der Waals surface area contributed by atoms with Crippen molar-refractivity contribution in [2.75, 3.05) is 0 Å². The van der Waals surface area contributed by atoms with Gasteiger partial charge in [-0.05, 0) is 11.4 Å². The number of urea groups is 1. The number of hydrazine groups is 1. The predicted octanol–water partition coefficient (Wildman–Crippen LogP) is 0.992. The molecule has 1 aliphatic rings. The first kappa shape index (κ1) is 13.8. The van der Waals surface area contributed by atoms with Crippen LogP contribution >= 0.6 is 11.3 Å². The van der Waals surface area contributed by atoms with Crippen LogP contribution in [0.3, 0.4) is 0 Å². The highest BCUT2D eigenvalue weighted by Gasteiger charge is 2.63. The number of alkyl halides is 3. The van der Waals surface area contributed by atoms with Crippen molar-refractivity contribution in [2.24, 2.45) is 10.9 Å². The second-order valence-corrected chi connectivity index (χ2v) is 4.72. The first-order valence-electron chi connectivity index (χ1n) is 5.01. The zero-order chi connectivity index (χ0) is 14.3. The maximum atomic E-state index is 12.9. The summed E-state index contributed by atoms with van der Waals surface area (Å²) in [6.07, 6.45) is -5.90. The quantitative estimate of drug-likeness (QED) is 0.410. The second-order valence-electron chi connectivity index (χ2n) is 3.78. The van der Waals surface area contributed by atoms with E-state index < -0.39 is 24.4 Å². The van der Waals surface area contributed by atoms with E-state index >= 15 is 0 Å². The van der Waals surface area contributed by atoms with Crippen molar-refractivity contribution < 1.29 is 23.1 Å². The largest absolute Gasteiger partial charge is 0.438 e. The Bertz CT molecular complexity index is 516. The van der Waals surface area contributed by atoms with Gasteiger partial charge in [0.25, 0.3) is 5.72 Å². The van der Waals surface area contributed by atoms with E-state index in [1.54, 1.807) is 17.5 Å². The van der Waals surface area contributed by atoms with Gasteiger partial charge in [0.2, 0.25) is 0 Å². The van der Waals surface area contributed by atoms with Gasteiger partial charge in [-0.15, -0.1) is 11.3 Å². The van der Waals surface area contributed by atoms with E-state index in [1.165, 1.54) is 5.43 Å². The maximum Gasteiger partial charge on any atom is 0.438 e. The van der Waals surface area contributed by atoms with Crippen LogP contribution < -0.4 is 11.3 Å². The van der Waals surface area contributed by atoms with Crippen LogP contribution in [0.2, 0.25) is 0 Å². The zero-order valence-electron chi connectivity index (χ0n) is 9.31. The molecule has 2 rings (SSSR count). The lowest BCUT2D eigenvalue weighted by Gasteiger charge is -2.31. The van der Waals surface area contributed by atoms with Crippen LogP contribution in [0.15, 0.2) is 22.6 Å². The van der Waals surface area contributed by atoms with E-state index in [4.69, 9.17) is 5.84 Å². The Morgan fingerprint density at radius 3 is 2.79 bits per heavy atom. The molecule has 19 heavy (non-hydrogen) atoms. The summed E-state index contributed by atoms with van der Waals surface area (Å²) in [6, 6.07) is 1.83. The third-order valence-corrected chi connectivity index (χ3v) is 3.48. The van der Waals surface area contributed by atoms with Crippen LogP contribution in [0, 0.1) is 0 Å². The topological polar surface area (TPSA) is 91.0 Å². The molecule has 6 nitrogen and oxygen atoms in total. The molecule has 1 aromatic heterocycles. The fourth-order valence-electron chi connectivity index (χ4n) is 1.62. The summed E-state index contributed by atoms with van der Waals surface area (Å²) in [7, 11) is 0. The average Bonchev–Trinajstić information content (AvgIpc) is 2.94. The molecule has 4 N–H and O–H groups in total. The molecule has 0 spiro atoms. The van der Waals surface area contributed by atoms with Gasteiger partial charge in [0.15, 0.2) is 0 Å². The lowest BCUT2D eigenvalue weighted by molar-refractivity contribution is -0.297. The zero-order valence-corrected chi connectivity index (χ0v) is 10.1. The van der Waals surface area contributed by atoms with Gasteiger partial charge in [-0.1, -0.05) is 6.07 Å². The van der Waals surface area contributed by atoms with E-state index in [1.807, 2.05) is 0 Å². The number of nitrogens with two attached hydrogens (primary N) is 1. The van der Waals surface area contributed by atoms with Gasteiger partial charge in [-0.2, -0.15) is 23.3 Å². The highest BCUT2D eigenvalue weighted by Crippen LogP contribution is 2.41. The number of thiophene rings is 1. The monoisotopic (exact) mass is 294 g/mol. The molecular formula is C9H9F3N4O2S. The van der Waals surface area contributed by atoms with Crippen LogP contribution in [0.1, 0.15) is 11.3 Å². The van der Waals surface area contributed by atoms with Crippen molar-refractivity contribution in [2.45, 2.75) is 18.3 Å². The highest BCUT2D eigenvalue weighted by atomic mass is 32.1. The van der Waals surface area contributed by atoms with E-state index in [0.29, 0.717) is 4.88 Å². The minimum absolute atomic E-state index is 0.0292. The van der Waals surface area contributed by atoms with Crippen molar-refractivity contribution in [1.29, 1.82) is 0 Å². The molecule has 1 unspecified atom stereocenters. The summed E-state index contributed by atoms with van der Waals surface area (Å²) in [5.41, 5.74) is -1.90. The number of halogens is 3. The molecule has 0 aliphatic carbocycles. The van der Waals surface area contributed by atoms with Crippen molar-refractivity contribution in [1.82, 2.24) is 10.4 Å². The number of aliphatic hydroxyl groups is 1. The number of amides is 2. The van der Waals surface area contributed by atoms with Crippen LogP contribution in [0.25, 0.3) is 0 Å². The molecule has 10 heteroatoms. The van der Waals surface area contributed by atoms with Gasteiger partial charge in [0.05, 0.1) is 17.0 Å². The smallest absolute Gasteiger partial charge is 0.362 e. The highest BCUT2D eigenvalue weighted by molar-refractivity contribution is 7.12. The SMILES string of the molecule is NNC(=O)N1N=C(c2cccs2)CC1(O)C(F)(F)F. The second kappa shape index (κ2) is 4.47. The normalized spacial score (nSPS) is 23.4. The first-order chi connectivity index (χ1) is 8.79. The van der Waals surface area contributed by atoms with Crippen LogP contribution in [-0.4, -0.2) is 33.8 Å². The number of hydrogen-bond acceptors (Lipinski definition) is 5. The predicted molar refractivity (Wildman–Crippen MR) is 61.0 cm³/mol. The molecule has 1 atom stereocenters. The van der Waals surface area contributed by atoms with Gasteiger partial charge < -0.3 is 5.11 Å². The third kappa shape index (κ3) is 2.17. The Morgan fingerprint density at radius 1 is 1.63 bits per heavy atom. The number of nitrogens with zero attached hydrogens (tertiary/aromatic N) is 2. The molecule has 0 fully saturated rings. The summed E-state index contributed by atoms with van der Waals surface area (Å²) in [5, 5.41) is 14.8. The molecule has 2 heterocycles. The van der Waals surface area contributed by atoms with Crippen LogP contribution in [0.4, 0.5) is 18.0 Å². The van der Waals surface area contributed by atoms with Crippen LogP contribution in [0.5, 0.6) is 0 Å². The van der Waals surface area contributed by atoms with E-state index in [2.05, 4.69) is 5.10 Å². The van der Waals surface area contributed by atoms with Gasteiger partial charge >= 0.3 is 12.2 Å². The minimum Gasteiger partial charge on any atom is -0.362 e. The Morgan fingerprint density at radius 2 is 2.32 bits per heavy atom. The van der Waals surface area contributed by atoms with Crippen molar-refractivity contribution in [3.05, 3.63) is 22.4 Å². The van der Waals surface area contributed by atoms with Crippen LogP contribution in [-0.2, 0) is 0 Å². The summed E-state index contributed by atoms with van der Waals surface area (Å²) in [4.78, 5) is 11.8. The minimum atomic E-state index is -5.05. The average molecular weight is 294 g/mol. The summed E-state index contributed by atoms with van der Waals surface area (Å²) >= 11 is 1.15. The van der Waals surface area contributed by atoms with E-state index in [9.17, 15) is 23.1 Å². The van der Waals surface area contributed by atoms with Gasteiger partial charge in [-0.25, -0.2) is 10.6 Å². The molecule has 0 saturated heterocycles. The lowest BCUT2D eigenvalue weighted by Crippen LogP contribution is -2.59. The van der Waals surface area contributed by atoms with Crippen molar-refractivity contribution in [3.8, 4) is 0 Å². The maximum absolute atomic E-state index is 12.9. The first-order valence-corrected chi connectivity index (χ1v) is 5.89. The van der Waals surface area contributed by atoms with Gasteiger partial charge in [0.1, 0.15) is 0 Å². The molecule has 2 amide bonds. The molecule has 0 saturated carbocycles. The Kier molecular flexibility index (Phi) is 3.24. The Labute approximate surface area is 109 Å². The molecule has 1 aliphatic heterocycles. The number of nitrogens with one attached hydrogen (secondary N) is 1. The van der Waals surface area contributed by atoms with Crippen molar-refractivity contribution >= 4 is 23.1 Å². The lowest BCUT2D eigenvalue weighted by atomic mass is 10.1. The standard InChI is InChI=1S/C9H9F3N4O2S/c10-9(11,12)8(18)4-5(6-2-1-3-19-6)15-16(8)7(17)14-13/h1-3,18H,4,13H2,(H,14,17). The van der Waals surface area contributed by atoms with Gasteiger partial charge in [-0.3, -0.25) is 5.43 Å². The number of hydrazone groups is 1. The Balaban J connectivity index is 2.41. The number of carbonyl (C=O) groups excluding carboxylic acids is 1. The molecule has 1 aromatic rings. The fraction of sp³-hybridized carbons (Fsp3) is 0.333. The number of hydrogen-bond donors (Lipinski definition) is 3. The molecular weight excluding hydrogens is 285 g/mol. The van der Waals surface area contributed by atoms with E-state index in [-0.39, 0.29) is 10.7 Å². The number of carbonyl (C=O) groups is 1.